The van der Waals surface area contributed by atoms with E-state index in [1.807, 2.05) is 6.92 Å². The van der Waals surface area contributed by atoms with Crippen LogP contribution in [-0.4, -0.2) is 16.7 Å². The maximum atomic E-state index is 11.6. The first kappa shape index (κ1) is 14.5. The molecule has 0 bridgehead atoms. The summed E-state index contributed by atoms with van der Waals surface area (Å²) >= 11 is 1.41. The van der Waals surface area contributed by atoms with E-state index in [0.717, 1.165) is 34.6 Å². The fourth-order valence-electron chi connectivity index (χ4n) is 2.91. The monoisotopic (exact) mass is 280 g/mol. The molecule has 3 nitrogen and oxygen atoms in total. The molecule has 0 atom stereocenters. The van der Waals surface area contributed by atoms with Gasteiger partial charge in [0.1, 0.15) is 5.00 Å². The number of anilines is 1. The van der Waals surface area contributed by atoms with Crippen molar-refractivity contribution in [2.45, 2.75) is 52.9 Å². The van der Waals surface area contributed by atoms with Crippen molar-refractivity contribution in [1.82, 2.24) is 4.37 Å². The molecule has 2 rings (SSSR count). The van der Waals surface area contributed by atoms with Gasteiger partial charge in [0.2, 0.25) is 0 Å². The third kappa shape index (κ3) is 3.78. The predicted molar refractivity (Wildman–Crippen MR) is 81.1 cm³/mol. The lowest BCUT2D eigenvalue weighted by molar-refractivity contribution is 0.101. The van der Waals surface area contributed by atoms with Crippen molar-refractivity contribution < 1.29 is 4.79 Å². The summed E-state index contributed by atoms with van der Waals surface area (Å²) in [5.74, 6) is 1.89. The molecular weight excluding hydrogens is 256 g/mol. The molecule has 0 radical (unpaired) electrons. The van der Waals surface area contributed by atoms with E-state index in [1.54, 1.807) is 6.92 Å². The first-order valence-electron chi connectivity index (χ1n) is 7.29. The molecule has 1 heterocycles. The third-order valence-electron chi connectivity index (χ3n) is 4.19. The predicted octanol–water partition coefficient (Wildman–Crippen LogP) is 4.28. The summed E-state index contributed by atoms with van der Waals surface area (Å²) in [6, 6.07) is 0. The second-order valence-electron chi connectivity index (χ2n) is 5.87. The molecule has 1 saturated carbocycles. The van der Waals surface area contributed by atoms with Crippen LogP contribution < -0.4 is 5.32 Å². The molecular formula is C15H24N2OS. The normalized spacial score (nSPS) is 23.3. The molecule has 1 aromatic rings. The number of carbonyl (C=O) groups is 1. The van der Waals surface area contributed by atoms with Gasteiger partial charge in [0.05, 0.1) is 11.3 Å². The van der Waals surface area contributed by atoms with Crippen LogP contribution >= 0.6 is 11.5 Å². The Bertz CT molecular complexity index is 433. The van der Waals surface area contributed by atoms with Crippen molar-refractivity contribution in [3.8, 4) is 0 Å². The molecule has 0 unspecified atom stereocenters. The Morgan fingerprint density at radius 1 is 1.37 bits per heavy atom. The highest BCUT2D eigenvalue weighted by atomic mass is 32.1. The number of carbonyl (C=O) groups excluding carboxylic acids is 1. The van der Waals surface area contributed by atoms with Crippen molar-refractivity contribution in [1.29, 1.82) is 0 Å². The number of nitrogens with zero attached hydrogens (tertiary/aromatic N) is 1. The zero-order chi connectivity index (χ0) is 13.8. The van der Waals surface area contributed by atoms with Gasteiger partial charge in [0.25, 0.3) is 0 Å². The van der Waals surface area contributed by atoms with E-state index < -0.39 is 0 Å². The average molecular weight is 280 g/mol. The quantitative estimate of drug-likeness (QED) is 0.818. The van der Waals surface area contributed by atoms with Crippen LogP contribution in [0.5, 0.6) is 0 Å². The van der Waals surface area contributed by atoms with Gasteiger partial charge in [-0.3, -0.25) is 4.79 Å². The lowest BCUT2D eigenvalue weighted by Gasteiger charge is -2.26. The van der Waals surface area contributed by atoms with Gasteiger partial charge in [-0.05, 0) is 43.6 Å². The number of rotatable bonds is 5. The van der Waals surface area contributed by atoms with Crippen molar-refractivity contribution >= 4 is 22.3 Å². The van der Waals surface area contributed by atoms with Crippen molar-refractivity contribution in [2.24, 2.45) is 11.8 Å². The second kappa shape index (κ2) is 6.51. The van der Waals surface area contributed by atoms with E-state index in [1.165, 1.54) is 43.6 Å². The molecule has 0 spiro atoms. The van der Waals surface area contributed by atoms with Crippen LogP contribution in [0.25, 0.3) is 0 Å². The first-order valence-corrected chi connectivity index (χ1v) is 8.06. The van der Waals surface area contributed by atoms with Crippen LogP contribution in [0.2, 0.25) is 0 Å². The Kier molecular flexibility index (Phi) is 4.97. The summed E-state index contributed by atoms with van der Waals surface area (Å²) in [4.78, 5) is 11.6. The summed E-state index contributed by atoms with van der Waals surface area (Å²) in [5.41, 5.74) is 1.63. The fourth-order valence-corrected chi connectivity index (χ4v) is 3.78. The largest absolute Gasteiger partial charge is 0.375 e. The summed E-state index contributed by atoms with van der Waals surface area (Å²) in [7, 11) is 0. The number of hydrogen-bond donors (Lipinski definition) is 1. The lowest BCUT2D eigenvalue weighted by atomic mass is 9.81. The van der Waals surface area contributed by atoms with Crippen LogP contribution in [0.4, 0.5) is 5.00 Å². The maximum Gasteiger partial charge on any atom is 0.164 e. The maximum absolute atomic E-state index is 11.6. The van der Waals surface area contributed by atoms with E-state index in [-0.39, 0.29) is 5.78 Å². The zero-order valence-electron chi connectivity index (χ0n) is 12.2. The standard InChI is InChI=1S/C15H24N2OS/c1-10-4-6-13(7-5-10)8-9-16-15-14(12(3)18)11(2)17-19-15/h10,13,16H,4-9H2,1-3H3. The number of nitrogens with one attached hydrogen (secondary N) is 1. The molecule has 1 N–H and O–H groups in total. The Labute approximate surface area is 120 Å². The van der Waals surface area contributed by atoms with Crippen LogP contribution in [0.3, 0.4) is 0 Å². The summed E-state index contributed by atoms with van der Waals surface area (Å²) in [6.45, 7) is 6.83. The minimum absolute atomic E-state index is 0.111. The van der Waals surface area contributed by atoms with Gasteiger partial charge < -0.3 is 5.32 Å². The van der Waals surface area contributed by atoms with Crippen LogP contribution in [-0.2, 0) is 0 Å². The molecule has 106 valence electrons. The van der Waals surface area contributed by atoms with E-state index in [9.17, 15) is 4.79 Å². The zero-order valence-corrected chi connectivity index (χ0v) is 13.0. The molecule has 1 fully saturated rings. The minimum atomic E-state index is 0.111. The molecule has 0 aromatic carbocycles. The van der Waals surface area contributed by atoms with Gasteiger partial charge in [-0.25, -0.2) is 0 Å². The Balaban J connectivity index is 1.81. The highest BCUT2D eigenvalue weighted by molar-refractivity contribution is 7.10. The highest BCUT2D eigenvalue weighted by Gasteiger charge is 2.19. The summed E-state index contributed by atoms with van der Waals surface area (Å²) < 4.78 is 4.27. The smallest absolute Gasteiger partial charge is 0.164 e. The van der Waals surface area contributed by atoms with E-state index in [0.29, 0.717) is 0 Å². The first-order chi connectivity index (χ1) is 9.08. The molecule has 4 heteroatoms. The molecule has 0 aliphatic heterocycles. The third-order valence-corrected chi connectivity index (χ3v) is 5.08. The number of aromatic nitrogens is 1. The summed E-state index contributed by atoms with van der Waals surface area (Å²) in [6.07, 6.45) is 6.70. The molecule has 0 amide bonds. The van der Waals surface area contributed by atoms with Crippen molar-refractivity contribution in [3.05, 3.63) is 11.3 Å². The average Bonchev–Trinajstić information content (AvgIpc) is 2.73. The summed E-state index contributed by atoms with van der Waals surface area (Å²) in [5, 5.41) is 4.36. The molecule has 1 aliphatic rings. The van der Waals surface area contributed by atoms with Crippen molar-refractivity contribution in [2.75, 3.05) is 11.9 Å². The topological polar surface area (TPSA) is 42.0 Å². The Hall–Kier alpha value is -0.900. The number of aryl methyl sites for hydroxylation is 1. The van der Waals surface area contributed by atoms with Gasteiger partial charge in [-0.1, -0.05) is 32.6 Å². The number of ketones is 1. The van der Waals surface area contributed by atoms with Crippen molar-refractivity contribution in [3.63, 3.8) is 0 Å². The lowest BCUT2D eigenvalue weighted by Crippen LogP contribution is -2.16. The Morgan fingerprint density at radius 3 is 2.68 bits per heavy atom. The van der Waals surface area contributed by atoms with Gasteiger partial charge in [-0.15, -0.1) is 0 Å². The minimum Gasteiger partial charge on any atom is -0.375 e. The van der Waals surface area contributed by atoms with Gasteiger partial charge >= 0.3 is 0 Å². The Morgan fingerprint density at radius 2 is 2.05 bits per heavy atom. The highest BCUT2D eigenvalue weighted by Crippen LogP contribution is 2.31. The second-order valence-corrected chi connectivity index (χ2v) is 6.64. The van der Waals surface area contributed by atoms with Crippen LogP contribution in [0, 0.1) is 18.8 Å². The number of hydrogen-bond acceptors (Lipinski definition) is 4. The number of Topliss-reactive ketones (excluding diaryl/α,β-unsaturated/α-hetero) is 1. The SMILES string of the molecule is CC(=O)c1c(C)nsc1NCCC1CCC(C)CC1. The van der Waals surface area contributed by atoms with Gasteiger partial charge in [0, 0.05) is 6.54 Å². The fraction of sp³-hybridized carbons (Fsp3) is 0.733. The van der Waals surface area contributed by atoms with Gasteiger partial charge in [0.15, 0.2) is 5.78 Å². The molecule has 1 aliphatic carbocycles. The molecule has 0 saturated heterocycles. The van der Waals surface area contributed by atoms with Crippen LogP contribution in [0.15, 0.2) is 0 Å². The molecule has 19 heavy (non-hydrogen) atoms. The molecule has 1 aromatic heterocycles. The van der Waals surface area contributed by atoms with Crippen LogP contribution in [0.1, 0.15) is 62.0 Å². The van der Waals surface area contributed by atoms with E-state index >= 15 is 0 Å². The van der Waals surface area contributed by atoms with E-state index in [4.69, 9.17) is 0 Å². The van der Waals surface area contributed by atoms with E-state index in [2.05, 4.69) is 16.6 Å². The van der Waals surface area contributed by atoms with Gasteiger partial charge in [-0.2, -0.15) is 4.37 Å².